The highest BCUT2D eigenvalue weighted by Crippen LogP contribution is 2.27. The zero-order chi connectivity index (χ0) is 14.5. The van der Waals surface area contributed by atoms with E-state index >= 15 is 0 Å². The summed E-state index contributed by atoms with van der Waals surface area (Å²) in [7, 11) is 1.34. The zero-order valence-electron chi connectivity index (χ0n) is 11.2. The SMILES string of the molecule is COC(=O)CCCC(=O)c1ccc(Cl)c2ccccc12. The first kappa shape index (κ1) is 14.5. The lowest BCUT2D eigenvalue weighted by Crippen LogP contribution is -2.04. The molecule has 0 amide bonds. The minimum absolute atomic E-state index is 0.0155. The van der Waals surface area contributed by atoms with Crippen molar-refractivity contribution in [3.8, 4) is 0 Å². The van der Waals surface area contributed by atoms with Crippen molar-refractivity contribution in [2.24, 2.45) is 0 Å². The second-order valence-electron chi connectivity index (χ2n) is 4.49. The van der Waals surface area contributed by atoms with Crippen LogP contribution >= 0.6 is 11.6 Å². The zero-order valence-corrected chi connectivity index (χ0v) is 11.9. The Kier molecular flexibility index (Phi) is 4.74. The molecule has 0 saturated heterocycles. The van der Waals surface area contributed by atoms with Gasteiger partial charge < -0.3 is 4.74 Å². The molecule has 0 heterocycles. The van der Waals surface area contributed by atoms with Crippen LogP contribution in [0.25, 0.3) is 10.8 Å². The van der Waals surface area contributed by atoms with Gasteiger partial charge in [-0.3, -0.25) is 9.59 Å². The molecule has 0 aliphatic rings. The average Bonchev–Trinajstić information content (AvgIpc) is 2.47. The fourth-order valence-corrected chi connectivity index (χ4v) is 2.36. The van der Waals surface area contributed by atoms with Gasteiger partial charge in [-0.1, -0.05) is 35.9 Å². The first-order valence-electron chi connectivity index (χ1n) is 6.40. The molecule has 104 valence electrons. The number of benzene rings is 2. The lowest BCUT2D eigenvalue weighted by molar-refractivity contribution is -0.140. The molecule has 2 aromatic rings. The van der Waals surface area contributed by atoms with Crippen LogP contribution in [0.15, 0.2) is 36.4 Å². The molecule has 2 aromatic carbocycles. The molecule has 0 N–H and O–H groups in total. The van der Waals surface area contributed by atoms with E-state index in [0.29, 0.717) is 23.4 Å². The van der Waals surface area contributed by atoms with Gasteiger partial charge in [0.05, 0.1) is 7.11 Å². The molecule has 0 aliphatic heterocycles. The summed E-state index contributed by atoms with van der Waals surface area (Å²) in [6.07, 6.45) is 1.07. The van der Waals surface area contributed by atoms with Crippen LogP contribution in [0.3, 0.4) is 0 Å². The number of carbonyl (C=O) groups excluding carboxylic acids is 2. The quantitative estimate of drug-likeness (QED) is 0.617. The number of halogens is 1. The Hall–Kier alpha value is -1.87. The summed E-state index contributed by atoms with van der Waals surface area (Å²) in [5.74, 6) is -0.277. The number of hydrogen-bond acceptors (Lipinski definition) is 3. The van der Waals surface area contributed by atoms with Gasteiger partial charge in [0.25, 0.3) is 0 Å². The van der Waals surface area contributed by atoms with E-state index in [-0.39, 0.29) is 18.2 Å². The highest BCUT2D eigenvalue weighted by molar-refractivity contribution is 6.36. The Bertz CT molecular complexity index is 649. The first-order chi connectivity index (χ1) is 9.63. The van der Waals surface area contributed by atoms with Gasteiger partial charge in [-0.05, 0) is 23.9 Å². The van der Waals surface area contributed by atoms with Crippen molar-refractivity contribution in [3.05, 3.63) is 47.0 Å². The molecule has 0 bridgehead atoms. The van der Waals surface area contributed by atoms with E-state index in [4.69, 9.17) is 11.6 Å². The van der Waals surface area contributed by atoms with E-state index in [1.54, 1.807) is 12.1 Å². The Morgan fingerprint density at radius 3 is 2.45 bits per heavy atom. The average molecular weight is 291 g/mol. The van der Waals surface area contributed by atoms with E-state index in [9.17, 15) is 9.59 Å². The van der Waals surface area contributed by atoms with Crippen LogP contribution in [0.1, 0.15) is 29.6 Å². The fourth-order valence-electron chi connectivity index (χ4n) is 2.14. The second-order valence-corrected chi connectivity index (χ2v) is 4.90. The largest absolute Gasteiger partial charge is 0.469 e. The standard InChI is InChI=1S/C16H15ClO3/c1-20-16(19)8-4-7-15(18)13-9-10-14(17)12-6-3-2-5-11(12)13/h2-3,5-6,9-10H,4,7-8H2,1H3. The minimum atomic E-state index is -0.293. The van der Waals surface area contributed by atoms with E-state index in [2.05, 4.69) is 4.74 Å². The smallest absolute Gasteiger partial charge is 0.305 e. The van der Waals surface area contributed by atoms with Gasteiger partial charge in [-0.25, -0.2) is 0 Å². The summed E-state index contributed by atoms with van der Waals surface area (Å²) in [6, 6.07) is 11.0. The summed E-state index contributed by atoms with van der Waals surface area (Å²) in [6.45, 7) is 0. The number of rotatable bonds is 5. The van der Waals surface area contributed by atoms with Crippen LogP contribution in [-0.2, 0) is 9.53 Å². The highest BCUT2D eigenvalue weighted by atomic mass is 35.5. The predicted molar refractivity (Wildman–Crippen MR) is 79.2 cm³/mol. The molecule has 4 heteroatoms. The van der Waals surface area contributed by atoms with Gasteiger partial charge in [-0.15, -0.1) is 0 Å². The number of ether oxygens (including phenoxy) is 1. The molecule has 0 fully saturated rings. The summed E-state index contributed by atoms with van der Waals surface area (Å²) < 4.78 is 4.56. The van der Waals surface area contributed by atoms with Crippen LogP contribution in [0.4, 0.5) is 0 Å². The maximum absolute atomic E-state index is 12.2. The molecule has 0 spiro atoms. The second kappa shape index (κ2) is 6.53. The van der Waals surface area contributed by atoms with Gasteiger partial charge in [-0.2, -0.15) is 0 Å². The lowest BCUT2D eigenvalue weighted by Gasteiger charge is -2.07. The first-order valence-corrected chi connectivity index (χ1v) is 6.78. The van der Waals surface area contributed by atoms with Gasteiger partial charge in [0.15, 0.2) is 5.78 Å². The molecule has 0 atom stereocenters. The third-order valence-corrected chi connectivity index (χ3v) is 3.51. The number of hydrogen-bond donors (Lipinski definition) is 0. The molecule has 20 heavy (non-hydrogen) atoms. The molecule has 3 nitrogen and oxygen atoms in total. The van der Waals surface area contributed by atoms with E-state index < -0.39 is 0 Å². The Balaban J connectivity index is 2.18. The number of carbonyl (C=O) groups is 2. The van der Waals surface area contributed by atoms with Gasteiger partial charge in [0, 0.05) is 28.8 Å². The number of Topliss-reactive ketones (excluding diaryl/α,β-unsaturated/α-hetero) is 1. The summed E-state index contributed by atoms with van der Waals surface area (Å²) >= 11 is 6.13. The van der Waals surface area contributed by atoms with Crippen molar-refractivity contribution < 1.29 is 14.3 Å². The Labute approximate surface area is 122 Å². The lowest BCUT2D eigenvalue weighted by atomic mass is 9.98. The maximum atomic E-state index is 12.2. The number of esters is 1. The van der Waals surface area contributed by atoms with Crippen molar-refractivity contribution in [2.45, 2.75) is 19.3 Å². The van der Waals surface area contributed by atoms with Crippen LogP contribution < -0.4 is 0 Å². The highest BCUT2D eigenvalue weighted by Gasteiger charge is 2.12. The summed E-state index contributed by atoms with van der Waals surface area (Å²) in [5.41, 5.74) is 0.648. The summed E-state index contributed by atoms with van der Waals surface area (Å²) in [4.78, 5) is 23.3. The third-order valence-electron chi connectivity index (χ3n) is 3.18. The van der Waals surface area contributed by atoms with Crippen molar-refractivity contribution >= 4 is 34.1 Å². The van der Waals surface area contributed by atoms with Crippen molar-refractivity contribution in [1.29, 1.82) is 0 Å². The molecule has 0 radical (unpaired) electrons. The van der Waals surface area contributed by atoms with Gasteiger partial charge in [0.2, 0.25) is 0 Å². The number of ketones is 1. The van der Waals surface area contributed by atoms with Crippen LogP contribution in [0, 0.1) is 0 Å². The fraction of sp³-hybridized carbons (Fsp3) is 0.250. The molecular formula is C16H15ClO3. The van der Waals surface area contributed by atoms with Crippen molar-refractivity contribution in [2.75, 3.05) is 7.11 Å². The topological polar surface area (TPSA) is 43.4 Å². The molecule has 0 aromatic heterocycles. The Morgan fingerprint density at radius 2 is 1.75 bits per heavy atom. The van der Waals surface area contributed by atoms with Crippen molar-refractivity contribution in [3.63, 3.8) is 0 Å². The number of fused-ring (bicyclic) bond motifs is 1. The number of methoxy groups -OCH3 is 1. The monoisotopic (exact) mass is 290 g/mol. The minimum Gasteiger partial charge on any atom is -0.469 e. The van der Waals surface area contributed by atoms with Crippen LogP contribution in [0.2, 0.25) is 5.02 Å². The van der Waals surface area contributed by atoms with Crippen molar-refractivity contribution in [1.82, 2.24) is 0 Å². The summed E-state index contributed by atoms with van der Waals surface area (Å²) in [5, 5.41) is 2.35. The van der Waals surface area contributed by atoms with Gasteiger partial charge in [0.1, 0.15) is 0 Å². The Morgan fingerprint density at radius 1 is 1.05 bits per heavy atom. The van der Waals surface area contributed by atoms with E-state index in [1.165, 1.54) is 7.11 Å². The van der Waals surface area contributed by atoms with Crippen LogP contribution in [0.5, 0.6) is 0 Å². The predicted octanol–water partition coefficient (Wildman–Crippen LogP) is 4.02. The molecule has 0 aliphatic carbocycles. The molecule has 0 unspecified atom stereocenters. The third kappa shape index (κ3) is 3.17. The van der Waals surface area contributed by atoms with E-state index in [0.717, 1.165) is 10.8 Å². The van der Waals surface area contributed by atoms with Gasteiger partial charge >= 0.3 is 5.97 Å². The molecular weight excluding hydrogens is 276 g/mol. The van der Waals surface area contributed by atoms with Crippen LogP contribution in [-0.4, -0.2) is 18.9 Å². The normalized spacial score (nSPS) is 10.5. The van der Waals surface area contributed by atoms with E-state index in [1.807, 2.05) is 24.3 Å². The maximum Gasteiger partial charge on any atom is 0.305 e. The molecule has 2 rings (SSSR count). The molecule has 0 saturated carbocycles.